The van der Waals surface area contributed by atoms with Gasteiger partial charge in [-0.2, -0.15) is 0 Å². The lowest BCUT2D eigenvalue weighted by Gasteiger charge is -2.23. The van der Waals surface area contributed by atoms with Gasteiger partial charge in [-0.25, -0.2) is 0 Å². The van der Waals surface area contributed by atoms with Gasteiger partial charge in [-0.05, 0) is 50.2 Å². The highest BCUT2D eigenvalue weighted by Gasteiger charge is 2.11. The molecule has 1 fully saturated rings. The highest BCUT2D eigenvalue weighted by atomic mass is 32.1. The van der Waals surface area contributed by atoms with Crippen LogP contribution in [0.2, 0.25) is 0 Å². The zero-order valence-corrected chi connectivity index (χ0v) is 10.7. The van der Waals surface area contributed by atoms with Crippen molar-refractivity contribution < 1.29 is 0 Å². The van der Waals surface area contributed by atoms with Gasteiger partial charge in [0, 0.05) is 17.5 Å². The fourth-order valence-electron chi connectivity index (χ4n) is 2.27. The van der Waals surface area contributed by atoms with Gasteiger partial charge in [-0.3, -0.25) is 0 Å². The van der Waals surface area contributed by atoms with Crippen molar-refractivity contribution in [2.45, 2.75) is 44.7 Å². The van der Waals surface area contributed by atoms with Gasteiger partial charge in [-0.1, -0.05) is 12.5 Å². The topological polar surface area (TPSA) is 24.1 Å². The molecule has 0 radical (unpaired) electrons. The molecule has 0 amide bonds. The standard InChI is InChI=1S/C13H22N2S/c1-2-9-15-12(5-1)6-3-8-14-11-13-7-4-10-16-13/h4,7,10,12,14-15H,1-3,5-6,8-9,11H2. The van der Waals surface area contributed by atoms with Gasteiger partial charge in [0.15, 0.2) is 0 Å². The van der Waals surface area contributed by atoms with Gasteiger partial charge in [0.05, 0.1) is 0 Å². The number of hydrogen-bond donors (Lipinski definition) is 2. The summed E-state index contributed by atoms with van der Waals surface area (Å²) in [4.78, 5) is 1.44. The first-order chi connectivity index (χ1) is 7.95. The number of thiophene rings is 1. The molecule has 0 bridgehead atoms. The Bertz CT molecular complexity index is 265. The summed E-state index contributed by atoms with van der Waals surface area (Å²) < 4.78 is 0. The fraction of sp³-hybridized carbons (Fsp3) is 0.692. The van der Waals surface area contributed by atoms with Gasteiger partial charge in [0.1, 0.15) is 0 Å². The fourth-order valence-corrected chi connectivity index (χ4v) is 2.94. The molecular weight excluding hydrogens is 216 g/mol. The maximum Gasteiger partial charge on any atom is 0.0299 e. The average Bonchev–Trinajstić information content (AvgIpc) is 2.83. The quantitative estimate of drug-likeness (QED) is 0.745. The molecule has 1 atom stereocenters. The summed E-state index contributed by atoms with van der Waals surface area (Å²) in [7, 11) is 0. The third-order valence-electron chi connectivity index (χ3n) is 3.20. The summed E-state index contributed by atoms with van der Waals surface area (Å²) in [5.74, 6) is 0. The molecule has 1 aliphatic heterocycles. The Balaban J connectivity index is 1.48. The van der Waals surface area contributed by atoms with Crippen LogP contribution in [0.15, 0.2) is 17.5 Å². The molecule has 1 aromatic rings. The lowest BCUT2D eigenvalue weighted by Crippen LogP contribution is -2.34. The van der Waals surface area contributed by atoms with E-state index in [1.165, 1.54) is 43.5 Å². The molecule has 2 heterocycles. The molecule has 0 saturated carbocycles. The SMILES string of the molecule is c1csc(CNCCCC2CCCCN2)c1. The molecule has 1 unspecified atom stereocenters. The number of rotatable bonds is 6. The zero-order chi connectivity index (χ0) is 11.1. The molecule has 1 aromatic heterocycles. The minimum Gasteiger partial charge on any atom is -0.314 e. The van der Waals surface area contributed by atoms with E-state index >= 15 is 0 Å². The summed E-state index contributed by atoms with van der Waals surface area (Å²) >= 11 is 1.83. The largest absolute Gasteiger partial charge is 0.314 e. The van der Waals surface area contributed by atoms with Gasteiger partial charge >= 0.3 is 0 Å². The number of hydrogen-bond acceptors (Lipinski definition) is 3. The van der Waals surface area contributed by atoms with Crippen LogP contribution in [0, 0.1) is 0 Å². The molecule has 2 rings (SSSR count). The molecule has 1 saturated heterocycles. The third kappa shape index (κ3) is 4.24. The summed E-state index contributed by atoms with van der Waals surface area (Å²) in [6, 6.07) is 5.10. The minimum atomic E-state index is 0.789. The summed E-state index contributed by atoms with van der Waals surface area (Å²) in [6.07, 6.45) is 6.79. The van der Waals surface area contributed by atoms with Crippen molar-refractivity contribution in [1.82, 2.24) is 10.6 Å². The van der Waals surface area contributed by atoms with Crippen molar-refractivity contribution in [3.8, 4) is 0 Å². The van der Waals surface area contributed by atoms with Crippen LogP contribution < -0.4 is 10.6 Å². The lowest BCUT2D eigenvalue weighted by molar-refractivity contribution is 0.373. The molecule has 1 aliphatic rings. The second kappa shape index (κ2) is 7.05. The Morgan fingerprint density at radius 1 is 1.44 bits per heavy atom. The first kappa shape index (κ1) is 12.1. The zero-order valence-electron chi connectivity index (χ0n) is 9.87. The molecule has 0 spiro atoms. The van der Waals surface area contributed by atoms with E-state index in [4.69, 9.17) is 0 Å². The summed E-state index contributed by atoms with van der Waals surface area (Å²) in [5.41, 5.74) is 0. The molecule has 3 heteroatoms. The van der Waals surface area contributed by atoms with Crippen LogP contribution >= 0.6 is 11.3 Å². The second-order valence-corrected chi connectivity index (χ2v) is 5.58. The van der Waals surface area contributed by atoms with Crippen molar-refractivity contribution in [2.24, 2.45) is 0 Å². The van der Waals surface area contributed by atoms with E-state index in [2.05, 4.69) is 28.1 Å². The van der Waals surface area contributed by atoms with Gasteiger partial charge in [0.2, 0.25) is 0 Å². The maximum atomic E-state index is 3.60. The van der Waals surface area contributed by atoms with Crippen molar-refractivity contribution >= 4 is 11.3 Å². The van der Waals surface area contributed by atoms with Crippen LogP contribution in [0.1, 0.15) is 37.0 Å². The Hall–Kier alpha value is -0.380. The van der Waals surface area contributed by atoms with E-state index in [0.717, 1.165) is 19.1 Å². The smallest absolute Gasteiger partial charge is 0.0299 e. The Morgan fingerprint density at radius 2 is 2.44 bits per heavy atom. The molecule has 90 valence electrons. The number of nitrogens with one attached hydrogen (secondary N) is 2. The van der Waals surface area contributed by atoms with Gasteiger partial charge in [-0.15, -0.1) is 11.3 Å². The minimum absolute atomic E-state index is 0.789. The van der Waals surface area contributed by atoms with E-state index in [0.29, 0.717) is 0 Å². The van der Waals surface area contributed by atoms with E-state index in [9.17, 15) is 0 Å². The van der Waals surface area contributed by atoms with Crippen LogP contribution in [0.3, 0.4) is 0 Å². The van der Waals surface area contributed by atoms with Crippen molar-refractivity contribution in [3.05, 3.63) is 22.4 Å². The molecule has 2 nitrogen and oxygen atoms in total. The van der Waals surface area contributed by atoms with Crippen molar-refractivity contribution in [3.63, 3.8) is 0 Å². The summed E-state index contributed by atoms with van der Waals surface area (Å²) in [6.45, 7) is 3.42. The predicted molar refractivity (Wildman–Crippen MR) is 70.9 cm³/mol. The highest BCUT2D eigenvalue weighted by Crippen LogP contribution is 2.11. The third-order valence-corrected chi connectivity index (χ3v) is 4.07. The lowest BCUT2D eigenvalue weighted by atomic mass is 10.0. The van der Waals surface area contributed by atoms with Crippen LogP contribution in [0.4, 0.5) is 0 Å². The molecule has 0 aliphatic carbocycles. The second-order valence-electron chi connectivity index (χ2n) is 4.55. The van der Waals surface area contributed by atoms with Gasteiger partial charge in [0.25, 0.3) is 0 Å². The average molecular weight is 238 g/mol. The Labute approximate surface area is 102 Å². The van der Waals surface area contributed by atoms with E-state index in [1.54, 1.807) is 0 Å². The molecular formula is C13H22N2S. The predicted octanol–water partition coefficient (Wildman–Crippen LogP) is 2.76. The summed E-state index contributed by atoms with van der Waals surface area (Å²) in [5, 5.41) is 9.25. The van der Waals surface area contributed by atoms with E-state index < -0.39 is 0 Å². The number of piperidine rings is 1. The Kier molecular flexibility index (Phi) is 5.32. The van der Waals surface area contributed by atoms with Crippen molar-refractivity contribution in [1.29, 1.82) is 0 Å². The monoisotopic (exact) mass is 238 g/mol. The van der Waals surface area contributed by atoms with Crippen LogP contribution in [-0.4, -0.2) is 19.1 Å². The first-order valence-electron chi connectivity index (χ1n) is 6.41. The van der Waals surface area contributed by atoms with Crippen LogP contribution in [-0.2, 0) is 6.54 Å². The highest BCUT2D eigenvalue weighted by molar-refractivity contribution is 7.09. The maximum absolute atomic E-state index is 3.60. The van der Waals surface area contributed by atoms with Crippen LogP contribution in [0.5, 0.6) is 0 Å². The molecule has 2 N–H and O–H groups in total. The Morgan fingerprint density at radius 3 is 3.19 bits per heavy atom. The molecule has 0 aromatic carbocycles. The molecule has 16 heavy (non-hydrogen) atoms. The van der Waals surface area contributed by atoms with E-state index in [1.807, 2.05) is 11.3 Å². The van der Waals surface area contributed by atoms with Crippen molar-refractivity contribution in [2.75, 3.05) is 13.1 Å². The first-order valence-corrected chi connectivity index (χ1v) is 7.29. The van der Waals surface area contributed by atoms with E-state index in [-0.39, 0.29) is 0 Å². The van der Waals surface area contributed by atoms with Crippen LogP contribution in [0.25, 0.3) is 0 Å². The van der Waals surface area contributed by atoms with Gasteiger partial charge < -0.3 is 10.6 Å². The normalized spacial score (nSPS) is 21.1.